The second-order valence-electron chi connectivity index (χ2n) is 4.86. The van der Waals surface area contributed by atoms with E-state index < -0.39 is 0 Å². The summed E-state index contributed by atoms with van der Waals surface area (Å²) in [6.45, 7) is 0. The van der Waals surface area contributed by atoms with Gasteiger partial charge < -0.3 is 4.57 Å². The van der Waals surface area contributed by atoms with Gasteiger partial charge in [-0.25, -0.2) is 0 Å². The zero-order chi connectivity index (χ0) is 13.9. The summed E-state index contributed by atoms with van der Waals surface area (Å²) in [6, 6.07) is 10.7. The molecule has 0 spiro atoms. The van der Waals surface area contributed by atoms with Gasteiger partial charge in [0.25, 0.3) is 5.56 Å². The fraction of sp³-hybridized carbons (Fsp3) is 0.0625. The highest BCUT2D eigenvalue weighted by Gasteiger charge is 2.32. The van der Waals surface area contributed by atoms with Crippen LogP contribution in [0.25, 0.3) is 22.2 Å². The van der Waals surface area contributed by atoms with Crippen molar-refractivity contribution in [1.29, 1.82) is 0 Å². The van der Waals surface area contributed by atoms with E-state index in [0.717, 1.165) is 0 Å². The van der Waals surface area contributed by atoms with E-state index in [4.69, 9.17) is 0 Å². The van der Waals surface area contributed by atoms with Crippen LogP contribution in [-0.4, -0.2) is 15.3 Å². The van der Waals surface area contributed by atoms with Crippen LogP contribution in [0.1, 0.15) is 15.9 Å². The Morgan fingerprint density at radius 1 is 1.00 bits per heavy atom. The molecule has 2 aromatic heterocycles. The van der Waals surface area contributed by atoms with Crippen LogP contribution in [0.2, 0.25) is 0 Å². The number of rotatable bonds is 0. The van der Waals surface area contributed by atoms with Crippen LogP contribution >= 0.6 is 0 Å². The second-order valence-corrected chi connectivity index (χ2v) is 4.86. The van der Waals surface area contributed by atoms with Crippen LogP contribution in [0.4, 0.5) is 0 Å². The first-order chi connectivity index (χ1) is 9.70. The zero-order valence-electron chi connectivity index (χ0n) is 10.8. The van der Waals surface area contributed by atoms with Gasteiger partial charge in [0.2, 0.25) is 0 Å². The zero-order valence-corrected chi connectivity index (χ0v) is 10.8. The average Bonchev–Trinajstić information content (AvgIpc) is 2.79. The Morgan fingerprint density at radius 3 is 2.55 bits per heavy atom. The van der Waals surface area contributed by atoms with Gasteiger partial charge in [0.1, 0.15) is 0 Å². The molecule has 20 heavy (non-hydrogen) atoms. The Balaban J connectivity index is 2.30. The van der Waals surface area contributed by atoms with Gasteiger partial charge in [-0.1, -0.05) is 18.2 Å². The summed E-state index contributed by atoms with van der Waals surface area (Å²) in [5.74, 6) is -0.0603. The summed E-state index contributed by atoms with van der Waals surface area (Å²) in [5.41, 5.74) is 2.25. The van der Waals surface area contributed by atoms with Gasteiger partial charge in [-0.15, -0.1) is 0 Å². The fourth-order valence-corrected chi connectivity index (χ4v) is 2.88. The number of pyridine rings is 2. The first-order valence-corrected chi connectivity index (χ1v) is 6.32. The molecule has 0 atom stereocenters. The van der Waals surface area contributed by atoms with Gasteiger partial charge in [0.05, 0.1) is 22.5 Å². The Bertz CT molecular complexity index is 954. The molecule has 2 heterocycles. The lowest BCUT2D eigenvalue weighted by molar-refractivity contribution is 0.104. The monoisotopic (exact) mass is 262 g/mol. The molecule has 96 valence electrons. The van der Waals surface area contributed by atoms with E-state index in [-0.39, 0.29) is 11.3 Å². The van der Waals surface area contributed by atoms with Crippen LogP contribution in [0.15, 0.2) is 47.4 Å². The fourth-order valence-electron chi connectivity index (χ4n) is 2.88. The van der Waals surface area contributed by atoms with Gasteiger partial charge in [0.15, 0.2) is 5.78 Å². The largest absolute Gasteiger partial charge is 0.309 e. The Morgan fingerprint density at radius 2 is 1.75 bits per heavy atom. The van der Waals surface area contributed by atoms with Crippen LogP contribution in [0.5, 0.6) is 0 Å². The number of benzene rings is 1. The standard InChI is InChI=1S/C16H10N2O2/c1-18-14-12(9-5-2-3-6-10(9)16(18)20)15(19)11-7-4-8-17-13(11)14/h2-8H,1H3. The van der Waals surface area contributed by atoms with Crippen molar-refractivity contribution >= 4 is 16.6 Å². The van der Waals surface area contributed by atoms with Crippen LogP contribution < -0.4 is 5.56 Å². The molecule has 4 heteroatoms. The molecule has 0 fully saturated rings. The maximum absolute atomic E-state index is 12.6. The predicted octanol–water partition coefficient (Wildman–Crippen LogP) is 2.14. The number of ketones is 1. The van der Waals surface area contributed by atoms with Gasteiger partial charge in [-0.3, -0.25) is 14.6 Å². The topological polar surface area (TPSA) is 52.0 Å². The summed E-state index contributed by atoms with van der Waals surface area (Å²) < 4.78 is 1.52. The number of aromatic nitrogens is 2. The molecule has 0 N–H and O–H groups in total. The molecule has 0 amide bonds. The lowest BCUT2D eigenvalue weighted by Crippen LogP contribution is -2.20. The minimum absolute atomic E-state index is 0.0603. The third kappa shape index (κ3) is 1.18. The van der Waals surface area contributed by atoms with E-state index in [9.17, 15) is 9.59 Å². The third-order valence-electron chi connectivity index (χ3n) is 3.81. The summed E-state index contributed by atoms with van der Waals surface area (Å²) in [7, 11) is 1.69. The predicted molar refractivity (Wildman–Crippen MR) is 75.9 cm³/mol. The molecule has 4 nitrogen and oxygen atoms in total. The maximum Gasteiger partial charge on any atom is 0.258 e. The first kappa shape index (κ1) is 11.1. The highest BCUT2D eigenvalue weighted by Crippen LogP contribution is 2.37. The molecule has 1 aromatic carbocycles. The van der Waals surface area contributed by atoms with Gasteiger partial charge >= 0.3 is 0 Å². The van der Waals surface area contributed by atoms with E-state index in [2.05, 4.69) is 4.98 Å². The van der Waals surface area contributed by atoms with E-state index in [1.54, 1.807) is 37.5 Å². The van der Waals surface area contributed by atoms with Crippen molar-refractivity contribution in [3.05, 3.63) is 64.1 Å². The van der Waals surface area contributed by atoms with Crippen LogP contribution in [0.3, 0.4) is 0 Å². The molecule has 0 saturated heterocycles. The molecule has 1 aliphatic carbocycles. The normalized spacial score (nSPS) is 12.6. The Hall–Kier alpha value is -2.75. The van der Waals surface area contributed by atoms with Crippen molar-refractivity contribution in [2.75, 3.05) is 0 Å². The first-order valence-electron chi connectivity index (χ1n) is 6.32. The number of hydrogen-bond donors (Lipinski definition) is 0. The Kier molecular flexibility index (Phi) is 2.02. The molecule has 0 aliphatic heterocycles. The highest BCUT2D eigenvalue weighted by atomic mass is 16.1. The molecular formula is C16H10N2O2. The van der Waals surface area contributed by atoms with Crippen molar-refractivity contribution in [3.8, 4) is 11.4 Å². The van der Waals surface area contributed by atoms with Crippen molar-refractivity contribution in [3.63, 3.8) is 0 Å². The van der Waals surface area contributed by atoms with E-state index in [1.807, 2.05) is 12.1 Å². The number of nitrogens with zero attached hydrogens (tertiary/aromatic N) is 2. The average molecular weight is 262 g/mol. The van der Waals surface area contributed by atoms with Crippen LogP contribution in [0, 0.1) is 0 Å². The van der Waals surface area contributed by atoms with E-state index >= 15 is 0 Å². The minimum Gasteiger partial charge on any atom is -0.309 e. The molecular weight excluding hydrogens is 252 g/mol. The SMILES string of the molecule is Cn1c2c(c3ccccc3c1=O)C(=O)c1cccnc1-2. The molecule has 0 saturated carbocycles. The van der Waals surface area contributed by atoms with Gasteiger partial charge in [-0.2, -0.15) is 0 Å². The summed E-state index contributed by atoms with van der Waals surface area (Å²) in [6.07, 6.45) is 1.64. The highest BCUT2D eigenvalue weighted by molar-refractivity contribution is 6.26. The molecule has 0 unspecified atom stereocenters. The molecule has 0 bridgehead atoms. The second kappa shape index (κ2) is 3.63. The summed E-state index contributed by atoms with van der Waals surface area (Å²) in [5, 5.41) is 1.27. The van der Waals surface area contributed by atoms with Gasteiger partial charge in [-0.05, 0) is 18.2 Å². The molecule has 4 rings (SSSR count). The number of carbonyl (C=O) groups is 1. The summed E-state index contributed by atoms with van der Waals surface area (Å²) in [4.78, 5) is 29.3. The number of carbonyl (C=O) groups excluding carboxylic acids is 1. The quantitative estimate of drug-likeness (QED) is 0.488. The minimum atomic E-state index is -0.106. The molecule has 1 aliphatic rings. The summed E-state index contributed by atoms with van der Waals surface area (Å²) >= 11 is 0. The van der Waals surface area contributed by atoms with Crippen molar-refractivity contribution in [1.82, 2.24) is 9.55 Å². The molecule has 0 radical (unpaired) electrons. The van der Waals surface area contributed by atoms with E-state index in [1.165, 1.54) is 4.57 Å². The number of fused-ring (bicyclic) bond motifs is 5. The number of hydrogen-bond acceptors (Lipinski definition) is 3. The van der Waals surface area contributed by atoms with Crippen molar-refractivity contribution in [2.24, 2.45) is 7.05 Å². The lowest BCUT2D eigenvalue weighted by Gasteiger charge is -2.09. The van der Waals surface area contributed by atoms with Crippen molar-refractivity contribution in [2.45, 2.75) is 0 Å². The Labute approximate surface area is 114 Å². The van der Waals surface area contributed by atoms with Crippen LogP contribution in [-0.2, 0) is 7.05 Å². The maximum atomic E-state index is 12.6. The third-order valence-corrected chi connectivity index (χ3v) is 3.81. The lowest BCUT2D eigenvalue weighted by atomic mass is 10.0. The van der Waals surface area contributed by atoms with Gasteiger partial charge in [0, 0.05) is 24.0 Å². The van der Waals surface area contributed by atoms with E-state index in [0.29, 0.717) is 33.3 Å². The molecule has 3 aromatic rings. The smallest absolute Gasteiger partial charge is 0.258 e. The van der Waals surface area contributed by atoms with Crippen molar-refractivity contribution < 1.29 is 4.79 Å².